The molecule has 0 bridgehead atoms. The largest absolute Gasteiger partial charge is 0.326 e. The quantitative estimate of drug-likeness (QED) is 0.877. The van der Waals surface area contributed by atoms with E-state index in [-0.39, 0.29) is 12.1 Å². The topological polar surface area (TPSA) is 29.3 Å². The Morgan fingerprint density at radius 2 is 1.67 bits per heavy atom. The van der Waals surface area contributed by atoms with Crippen molar-refractivity contribution in [1.82, 2.24) is 4.90 Å². The average Bonchev–Trinajstić information content (AvgIpc) is 2.43. The molecule has 0 aliphatic heterocycles. The van der Waals surface area contributed by atoms with Gasteiger partial charge in [-0.25, -0.2) is 0 Å². The third-order valence-corrected chi connectivity index (χ3v) is 4.14. The Bertz CT molecular complexity index is 582. The van der Waals surface area contributed by atoms with Gasteiger partial charge in [-0.3, -0.25) is 4.90 Å². The van der Waals surface area contributed by atoms with E-state index in [1.165, 1.54) is 5.56 Å². The Morgan fingerprint density at radius 3 is 2.24 bits per heavy atom. The summed E-state index contributed by atoms with van der Waals surface area (Å²) in [5.41, 5.74) is 8.45. The fourth-order valence-corrected chi connectivity index (χ4v) is 2.99. The lowest BCUT2D eigenvalue weighted by Crippen LogP contribution is -2.37. The fraction of sp³-hybridized carbons (Fsp3) is 0.294. The summed E-state index contributed by atoms with van der Waals surface area (Å²) in [5.74, 6) is 0. The van der Waals surface area contributed by atoms with Crippen LogP contribution in [0.25, 0.3) is 0 Å². The summed E-state index contributed by atoms with van der Waals surface area (Å²) in [6.45, 7) is 2.79. The molecule has 4 heteroatoms. The lowest BCUT2D eigenvalue weighted by molar-refractivity contribution is 0.211. The van der Waals surface area contributed by atoms with Gasteiger partial charge in [0.25, 0.3) is 0 Å². The van der Waals surface area contributed by atoms with E-state index < -0.39 is 0 Å². The monoisotopic (exact) mass is 322 g/mol. The number of hydrogen-bond acceptors (Lipinski definition) is 2. The van der Waals surface area contributed by atoms with E-state index in [1.54, 1.807) is 0 Å². The zero-order chi connectivity index (χ0) is 15.4. The van der Waals surface area contributed by atoms with Gasteiger partial charge >= 0.3 is 0 Å². The Kier molecular flexibility index (Phi) is 5.65. The molecular formula is C17H20Cl2N2. The van der Waals surface area contributed by atoms with Crippen LogP contribution in [0, 0.1) is 0 Å². The molecule has 0 saturated carbocycles. The van der Waals surface area contributed by atoms with Crippen LogP contribution in [0.1, 0.15) is 24.1 Å². The predicted octanol–water partition coefficient (Wildman–Crippen LogP) is 4.51. The Balaban J connectivity index is 2.22. The molecule has 0 heterocycles. The van der Waals surface area contributed by atoms with Crippen molar-refractivity contribution < 1.29 is 0 Å². The Hall–Kier alpha value is -1.06. The van der Waals surface area contributed by atoms with Gasteiger partial charge in [0, 0.05) is 22.6 Å². The third kappa shape index (κ3) is 4.21. The van der Waals surface area contributed by atoms with Gasteiger partial charge in [-0.05, 0) is 43.3 Å². The molecule has 0 amide bonds. The van der Waals surface area contributed by atoms with Crippen molar-refractivity contribution in [3.8, 4) is 0 Å². The number of nitrogens with zero attached hydrogens (tertiary/aromatic N) is 1. The molecule has 0 fully saturated rings. The maximum Gasteiger partial charge on any atom is 0.0511 e. The highest BCUT2D eigenvalue weighted by atomic mass is 35.5. The first kappa shape index (κ1) is 16.3. The van der Waals surface area contributed by atoms with Gasteiger partial charge in [0.2, 0.25) is 0 Å². The highest BCUT2D eigenvalue weighted by Gasteiger charge is 2.23. The average molecular weight is 323 g/mol. The van der Waals surface area contributed by atoms with Crippen LogP contribution in [0.2, 0.25) is 10.0 Å². The van der Waals surface area contributed by atoms with Gasteiger partial charge in [-0.2, -0.15) is 0 Å². The predicted molar refractivity (Wildman–Crippen MR) is 90.8 cm³/mol. The fourth-order valence-electron chi connectivity index (χ4n) is 2.61. The molecule has 2 nitrogen and oxygen atoms in total. The molecule has 0 aromatic heterocycles. The highest BCUT2D eigenvalue weighted by Crippen LogP contribution is 2.29. The van der Waals surface area contributed by atoms with E-state index in [4.69, 9.17) is 28.9 Å². The molecule has 21 heavy (non-hydrogen) atoms. The SMILES string of the molecule is CC(N)C(c1ccccc1Cl)N(C)Cc1ccc(Cl)cc1. The van der Waals surface area contributed by atoms with Crippen molar-refractivity contribution in [2.24, 2.45) is 5.73 Å². The smallest absolute Gasteiger partial charge is 0.0511 e. The van der Waals surface area contributed by atoms with Crippen LogP contribution in [-0.2, 0) is 6.54 Å². The first-order chi connectivity index (χ1) is 9.99. The Morgan fingerprint density at radius 1 is 1.05 bits per heavy atom. The summed E-state index contributed by atoms with van der Waals surface area (Å²) >= 11 is 12.3. The summed E-state index contributed by atoms with van der Waals surface area (Å²) in [6, 6.07) is 15.8. The van der Waals surface area contributed by atoms with E-state index in [1.807, 2.05) is 55.5 Å². The first-order valence-electron chi connectivity index (χ1n) is 6.93. The molecule has 0 aliphatic carbocycles. The van der Waals surface area contributed by atoms with Crippen LogP contribution >= 0.6 is 23.2 Å². The Labute approximate surface area is 136 Å². The zero-order valence-corrected chi connectivity index (χ0v) is 13.8. The number of likely N-dealkylation sites (N-methyl/N-ethyl adjacent to an activating group) is 1. The summed E-state index contributed by atoms with van der Waals surface area (Å²) < 4.78 is 0. The third-order valence-electron chi connectivity index (χ3n) is 3.54. The number of benzene rings is 2. The number of nitrogens with two attached hydrogens (primary N) is 1. The van der Waals surface area contributed by atoms with E-state index >= 15 is 0 Å². The lowest BCUT2D eigenvalue weighted by atomic mass is 9.99. The summed E-state index contributed by atoms with van der Waals surface area (Å²) in [5, 5.41) is 1.50. The highest BCUT2D eigenvalue weighted by molar-refractivity contribution is 6.31. The maximum absolute atomic E-state index is 6.33. The van der Waals surface area contributed by atoms with Gasteiger partial charge in [0.15, 0.2) is 0 Å². The molecule has 2 atom stereocenters. The second kappa shape index (κ2) is 7.28. The lowest BCUT2D eigenvalue weighted by Gasteiger charge is -2.32. The van der Waals surface area contributed by atoms with Crippen molar-refractivity contribution >= 4 is 23.2 Å². The normalized spacial score (nSPS) is 14.2. The van der Waals surface area contributed by atoms with Crippen molar-refractivity contribution in [2.75, 3.05) is 7.05 Å². The van der Waals surface area contributed by atoms with E-state index in [0.717, 1.165) is 22.2 Å². The molecule has 0 saturated heterocycles. The minimum absolute atomic E-state index is 0.0257. The minimum Gasteiger partial charge on any atom is -0.326 e. The molecule has 0 radical (unpaired) electrons. The van der Waals surface area contributed by atoms with E-state index in [2.05, 4.69) is 11.9 Å². The number of hydrogen-bond donors (Lipinski definition) is 1. The van der Waals surface area contributed by atoms with E-state index in [0.29, 0.717) is 0 Å². The van der Waals surface area contributed by atoms with E-state index in [9.17, 15) is 0 Å². The minimum atomic E-state index is -0.0257. The van der Waals surface area contributed by atoms with Crippen molar-refractivity contribution in [1.29, 1.82) is 0 Å². The molecule has 2 N–H and O–H groups in total. The summed E-state index contributed by atoms with van der Waals surface area (Å²) in [6.07, 6.45) is 0. The van der Waals surface area contributed by atoms with Gasteiger partial charge in [0.05, 0.1) is 6.04 Å². The van der Waals surface area contributed by atoms with Crippen LogP contribution in [0.5, 0.6) is 0 Å². The molecule has 2 unspecified atom stereocenters. The van der Waals surface area contributed by atoms with Gasteiger partial charge in [-0.1, -0.05) is 53.5 Å². The van der Waals surface area contributed by atoms with Gasteiger partial charge < -0.3 is 5.73 Å². The summed E-state index contributed by atoms with van der Waals surface area (Å²) in [4.78, 5) is 2.22. The number of rotatable bonds is 5. The van der Waals surface area contributed by atoms with Gasteiger partial charge in [0.1, 0.15) is 0 Å². The molecule has 2 aromatic carbocycles. The second-order valence-electron chi connectivity index (χ2n) is 5.37. The maximum atomic E-state index is 6.33. The van der Waals surface area contributed by atoms with Crippen LogP contribution in [0.4, 0.5) is 0 Å². The van der Waals surface area contributed by atoms with Crippen molar-refractivity contribution in [2.45, 2.75) is 25.6 Å². The molecule has 0 spiro atoms. The van der Waals surface area contributed by atoms with Crippen LogP contribution < -0.4 is 5.73 Å². The summed E-state index contributed by atoms with van der Waals surface area (Å²) in [7, 11) is 2.06. The van der Waals surface area contributed by atoms with Crippen LogP contribution in [-0.4, -0.2) is 18.0 Å². The molecule has 2 aromatic rings. The van der Waals surface area contributed by atoms with Crippen molar-refractivity contribution in [3.05, 3.63) is 69.7 Å². The standard InChI is InChI=1S/C17H20Cl2N2/c1-12(20)17(15-5-3-4-6-16(15)19)21(2)11-13-7-9-14(18)10-8-13/h3-10,12,17H,11,20H2,1-2H3. The zero-order valence-electron chi connectivity index (χ0n) is 12.3. The van der Waals surface area contributed by atoms with Crippen LogP contribution in [0.15, 0.2) is 48.5 Å². The first-order valence-corrected chi connectivity index (χ1v) is 7.69. The van der Waals surface area contributed by atoms with Crippen LogP contribution in [0.3, 0.4) is 0 Å². The second-order valence-corrected chi connectivity index (χ2v) is 6.21. The molecule has 2 rings (SSSR count). The molecule has 0 aliphatic rings. The van der Waals surface area contributed by atoms with Gasteiger partial charge in [-0.15, -0.1) is 0 Å². The molecular weight excluding hydrogens is 303 g/mol. The van der Waals surface area contributed by atoms with Crippen molar-refractivity contribution in [3.63, 3.8) is 0 Å². The number of halogens is 2. The molecule has 112 valence electrons.